The molecule has 0 radical (unpaired) electrons. The van der Waals surface area contributed by atoms with Crippen molar-refractivity contribution in [1.82, 2.24) is 9.97 Å². The molecular weight excluding hydrogens is 248 g/mol. The lowest BCUT2D eigenvalue weighted by Crippen LogP contribution is -2.40. The van der Waals surface area contributed by atoms with Crippen molar-refractivity contribution in [2.45, 2.75) is 31.0 Å². The minimum absolute atomic E-state index is 0.303. The summed E-state index contributed by atoms with van der Waals surface area (Å²) in [7, 11) is 0. The number of nitrogen functional groups attached to an aromatic ring is 1. The molecule has 5 nitrogen and oxygen atoms in total. The average Bonchev–Trinajstić information content (AvgIpc) is 2.39. The van der Waals surface area contributed by atoms with E-state index in [1.54, 1.807) is 0 Å². The Kier molecular flexibility index (Phi) is 4.66. The molecular formula is C12H20N4OS. The second-order valence-corrected chi connectivity index (χ2v) is 5.08. The molecule has 0 amide bonds. The summed E-state index contributed by atoms with van der Waals surface area (Å²) in [4.78, 5) is 10.9. The predicted octanol–water partition coefficient (Wildman–Crippen LogP) is 1.79. The van der Waals surface area contributed by atoms with Crippen LogP contribution >= 0.6 is 11.8 Å². The van der Waals surface area contributed by atoms with Gasteiger partial charge >= 0.3 is 0 Å². The SMILES string of the molecule is CCOC1CCCN(c2cc(N)nc(SC)n2)C1. The third kappa shape index (κ3) is 3.26. The van der Waals surface area contributed by atoms with Crippen molar-refractivity contribution in [3.8, 4) is 0 Å². The smallest absolute Gasteiger partial charge is 0.191 e. The number of hydrogen-bond donors (Lipinski definition) is 1. The number of ether oxygens (including phenoxy) is 1. The van der Waals surface area contributed by atoms with Crippen molar-refractivity contribution in [1.29, 1.82) is 0 Å². The quantitative estimate of drug-likeness (QED) is 0.663. The number of thioether (sulfide) groups is 1. The summed E-state index contributed by atoms with van der Waals surface area (Å²) in [6, 6.07) is 1.84. The number of piperidine rings is 1. The van der Waals surface area contributed by atoms with Gasteiger partial charge in [0.15, 0.2) is 5.16 Å². The summed E-state index contributed by atoms with van der Waals surface area (Å²) in [5, 5.41) is 0.725. The lowest BCUT2D eigenvalue weighted by molar-refractivity contribution is 0.0525. The topological polar surface area (TPSA) is 64.3 Å². The Hall–Kier alpha value is -1.01. The number of anilines is 2. The Morgan fingerprint density at radius 1 is 1.56 bits per heavy atom. The van der Waals surface area contributed by atoms with Crippen LogP contribution in [0.5, 0.6) is 0 Å². The minimum Gasteiger partial charge on any atom is -0.383 e. The molecule has 1 aromatic rings. The van der Waals surface area contributed by atoms with Crippen molar-refractivity contribution in [3.05, 3.63) is 6.07 Å². The molecule has 0 aliphatic carbocycles. The van der Waals surface area contributed by atoms with Crippen molar-refractivity contribution in [2.75, 3.05) is 36.6 Å². The lowest BCUT2D eigenvalue weighted by atomic mass is 10.1. The first-order valence-corrected chi connectivity index (χ1v) is 7.50. The second kappa shape index (κ2) is 6.24. The number of rotatable bonds is 4. The molecule has 1 saturated heterocycles. The molecule has 1 aliphatic heterocycles. The molecule has 18 heavy (non-hydrogen) atoms. The maximum Gasteiger partial charge on any atom is 0.191 e. The fourth-order valence-electron chi connectivity index (χ4n) is 2.20. The van der Waals surface area contributed by atoms with Gasteiger partial charge in [0, 0.05) is 25.8 Å². The monoisotopic (exact) mass is 268 g/mol. The molecule has 1 fully saturated rings. The molecule has 0 saturated carbocycles. The van der Waals surface area contributed by atoms with Crippen molar-refractivity contribution < 1.29 is 4.74 Å². The van der Waals surface area contributed by atoms with Crippen LogP contribution in [0.4, 0.5) is 11.6 Å². The first kappa shape index (κ1) is 13.4. The molecule has 0 aromatic carbocycles. The van der Waals surface area contributed by atoms with Gasteiger partial charge in [0.25, 0.3) is 0 Å². The summed E-state index contributed by atoms with van der Waals surface area (Å²) in [5.41, 5.74) is 5.81. The van der Waals surface area contributed by atoms with Crippen LogP contribution in [-0.4, -0.2) is 42.0 Å². The first-order chi connectivity index (χ1) is 8.72. The molecule has 0 bridgehead atoms. The van der Waals surface area contributed by atoms with E-state index in [1.807, 2.05) is 19.2 Å². The van der Waals surface area contributed by atoms with Gasteiger partial charge in [-0.3, -0.25) is 0 Å². The number of nitrogens with zero attached hydrogens (tertiary/aromatic N) is 3. The normalized spacial score (nSPS) is 20.1. The van der Waals surface area contributed by atoms with Crippen LogP contribution < -0.4 is 10.6 Å². The summed E-state index contributed by atoms with van der Waals surface area (Å²) in [6.07, 6.45) is 4.51. The van der Waals surface area contributed by atoms with Crippen LogP contribution in [0.25, 0.3) is 0 Å². The van der Waals surface area contributed by atoms with Crippen LogP contribution in [0.1, 0.15) is 19.8 Å². The van der Waals surface area contributed by atoms with Gasteiger partial charge < -0.3 is 15.4 Å². The van der Waals surface area contributed by atoms with Gasteiger partial charge in [-0.15, -0.1) is 0 Å². The van der Waals surface area contributed by atoms with E-state index in [2.05, 4.69) is 14.9 Å². The summed E-state index contributed by atoms with van der Waals surface area (Å²) in [6.45, 7) is 4.69. The van der Waals surface area contributed by atoms with Gasteiger partial charge in [-0.25, -0.2) is 9.97 Å². The molecule has 1 aromatic heterocycles. The number of nitrogens with two attached hydrogens (primary N) is 1. The molecule has 1 unspecified atom stereocenters. The Balaban J connectivity index is 2.12. The summed E-state index contributed by atoms with van der Waals surface area (Å²) >= 11 is 1.51. The average molecular weight is 268 g/mol. The Labute approximate surface area is 112 Å². The maximum atomic E-state index is 5.81. The highest BCUT2D eigenvalue weighted by molar-refractivity contribution is 7.98. The Morgan fingerprint density at radius 3 is 3.11 bits per heavy atom. The summed E-state index contributed by atoms with van der Waals surface area (Å²) < 4.78 is 5.70. The molecule has 2 heterocycles. The van der Waals surface area contributed by atoms with Crippen LogP contribution in [-0.2, 0) is 4.74 Å². The Morgan fingerprint density at radius 2 is 2.39 bits per heavy atom. The zero-order valence-corrected chi connectivity index (χ0v) is 11.7. The number of aromatic nitrogens is 2. The fourth-order valence-corrected chi connectivity index (χ4v) is 2.58. The molecule has 2 N–H and O–H groups in total. The van der Waals surface area contributed by atoms with Crippen molar-refractivity contribution in [2.24, 2.45) is 0 Å². The fraction of sp³-hybridized carbons (Fsp3) is 0.667. The van der Waals surface area contributed by atoms with E-state index in [0.29, 0.717) is 11.9 Å². The van der Waals surface area contributed by atoms with Gasteiger partial charge in [0.1, 0.15) is 11.6 Å². The highest BCUT2D eigenvalue weighted by Crippen LogP contribution is 2.23. The standard InChI is InChI=1S/C12H20N4OS/c1-3-17-9-5-4-6-16(8-9)11-7-10(13)14-12(15-11)18-2/h7,9H,3-6,8H2,1-2H3,(H2,13,14,15). The van der Waals surface area contributed by atoms with Gasteiger partial charge in [0.2, 0.25) is 0 Å². The van der Waals surface area contributed by atoms with Crippen LogP contribution in [0.3, 0.4) is 0 Å². The molecule has 1 atom stereocenters. The highest BCUT2D eigenvalue weighted by atomic mass is 32.2. The van der Waals surface area contributed by atoms with E-state index < -0.39 is 0 Å². The molecule has 0 spiro atoms. The predicted molar refractivity (Wildman–Crippen MR) is 75.1 cm³/mol. The van der Waals surface area contributed by atoms with E-state index in [0.717, 1.165) is 43.5 Å². The molecule has 1 aliphatic rings. The van der Waals surface area contributed by atoms with E-state index >= 15 is 0 Å². The van der Waals surface area contributed by atoms with E-state index in [9.17, 15) is 0 Å². The third-order valence-electron chi connectivity index (χ3n) is 3.00. The molecule has 100 valence electrons. The van der Waals surface area contributed by atoms with Gasteiger partial charge in [-0.05, 0) is 26.0 Å². The van der Waals surface area contributed by atoms with Crippen LogP contribution in [0.2, 0.25) is 0 Å². The molecule has 6 heteroatoms. The maximum absolute atomic E-state index is 5.81. The minimum atomic E-state index is 0.303. The van der Waals surface area contributed by atoms with Gasteiger partial charge in [-0.1, -0.05) is 11.8 Å². The van der Waals surface area contributed by atoms with E-state index in [-0.39, 0.29) is 0 Å². The third-order valence-corrected chi connectivity index (χ3v) is 3.55. The van der Waals surface area contributed by atoms with Crippen molar-refractivity contribution >= 4 is 23.4 Å². The first-order valence-electron chi connectivity index (χ1n) is 6.28. The van der Waals surface area contributed by atoms with Crippen molar-refractivity contribution in [3.63, 3.8) is 0 Å². The van der Waals surface area contributed by atoms with Gasteiger partial charge in [-0.2, -0.15) is 0 Å². The zero-order valence-electron chi connectivity index (χ0n) is 10.9. The van der Waals surface area contributed by atoms with E-state index in [1.165, 1.54) is 11.8 Å². The zero-order chi connectivity index (χ0) is 13.0. The van der Waals surface area contributed by atoms with Gasteiger partial charge in [0.05, 0.1) is 6.10 Å². The van der Waals surface area contributed by atoms with Crippen LogP contribution in [0.15, 0.2) is 11.2 Å². The number of hydrogen-bond acceptors (Lipinski definition) is 6. The largest absolute Gasteiger partial charge is 0.383 e. The second-order valence-electron chi connectivity index (χ2n) is 4.30. The van der Waals surface area contributed by atoms with E-state index in [4.69, 9.17) is 10.5 Å². The molecule has 2 rings (SSSR count). The Bertz CT molecular complexity index is 400. The summed E-state index contributed by atoms with van der Waals surface area (Å²) in [5.74, 6) is 1.44. The highest BCUT2D eigenvalue weighted by Gasteiger charge is 2.21. The van der Waals surface area contributed by atoms with Crippen LogP contribution in [0, 0.1) is 0 Å². The lowest BCUT2D eigenvalue weighted by Gasteiger charge is -2.33.